The molecule has 0 fully saturated rings. The minimum absolute atomic E-state index is 0. The summed E-state index contributed by atoms with van der Waals surface area (Å²) in [5.74, 6) is 1.87. The van der Waals surface area contributed by atoms with Gasteiger partial charge in [-0.05, 0) is 47.7 Å². The summed E-state index contributed by atoms with van der Waals surface area (Å²) >= 11 is 1.63. The Labute approximate surface area is 182 Å². The lowest BCUT2D eigenvalue weighted by Gasteiger charge is -2.29. The van der Waals surface area contributed by atoms with Gasteiger partial charge in [0.15, 0.2) is 5.17 Å². The van der Waals surface area contributed by atoms with Gasteiger partial charge in [0.1, 0.15) is 12.4 Å². The van der Waals surface area contributed by atoms with E-state index in [1.165, 1.54) is 16.7 Å². The summed E-state index contributed by atoms with van der Waals surface area (Å²) in [5, 5.41) is 0.674. The molecule has 150 valence electrons. The number of thioether (sulfide) groups is 1. The number of aliphatic imine (C=N–C) groups is 1. The molecule has 0 radical (unpaired) electrons. The van der Waals surface area contributed by atoms with Gasteiger partial charge in [-0.3, -0.25) is 4.99 Å². The van der Waals surface area contributed by atoms with Crippen molar-refractivity contribution in [3.8, 4) is 16.9 Å². The van der Waals surface area contributed by atoms with Crippen molar-refractivity contribution < 1.29 is 4.74 Å². The summed E-state index contributed by atoms with van der Waals surface area (Å²) in [6.45, 7) is 2.69. The van der Waals surface area contributed by atoms with Crippen LogP contribution in [0.2, 0.25) is 0 Å². The van der Waals surface area contributed by atoms with Crippen molar-refractivity contribution in [2.24, 2.45) is 10.7 Å². The largest absolute Gasteiger partial charge is 0.489 e. The predicted molar refractivity (Wildman–Crippen MR) is 126 cm³/mol. The first-order chi connectivity index (χ1) is 13.6. The van der Waals surface area contributed by atoms with Crippen LogP contribution in [0.25, 0.3) is 11.1 Å². The summed E-state index contributed by atoms with van der Waals surface area (Å²) < 4.78 is 5.97. The maximum atomic E-state index is 5.97. The summed E-state index contributed by atoms with van der Waals surface area (Å²) in [6, 6.07) is 27.1. The zero-order chi connectivity index (χ0) is 19.4. The van der Waals surface area contributed by atoms with Crippen LogP contribution in [-0.4, -0.2) is 10.9 Å². The van der Waals surface area contributed by atoms with E-state index in [9.17, 15) is 0 Å². The maximum Gasteiger partial charge on any atom is 0.154 e. The highest BCUT2D eigenvalue weighted by atomic mass is 35.5. The average Bonchev–Trinajstić information content (AvgIpc) is 2.73. The molecule has 0 bridgehead atoms. The van der Waals surface area contributed by atoms with Crippen LogP contribution < -0.4 is 10.5 Å². The van der Waals surface area contributed by atoms with Gasteiger partial charge in [-0.2, -0.15) is 0 Å². The molecule has 1 heterocycles. The number of amidine groups is 1. The molecule has 0 saturated carbocycles. The van der Waals surface area contributed by atoms with Crippen molar-refractivity contribution in [3.63, 3.8) is 0 Å². The van der Waals surface area contributed by atoms with Gasteiger partial charge in [-0.1, -0.05) is 78.5 Å². The molecule has 3 nitrogen and oxygen atoms in total. The molecule has 0 amide bonds. The first-order valence-electron chi connectivity index (χ1n) is 9.48. The fourth-order valence-corrected chi connectivity index (χ4v) is 4.37. The van der Waals surface area contributed by atoms with Crippen molar-refractivity contribution in [1.29, 1.82) is 0 Å². The fourth-order valence-electron chi connectivity index (χ4n) is 3.40. The van der Waals surface area contributed by atoms with Crippen molar-refractivity contribution in [1.82, 2.24) is 0 Å². The van der Waals surface area contributed by atoms with Crippen molar-refractivity contribution in [3.05, 3.63) is 90.0 Å². The quantitative estimate of drug-likeness (QED) is 0.544. The Morgan fingerprint density at radius 3 is 2.24 bits per heavy atom. The van der Waals surface area contributed by atoms with Crippen LogP contribution in [-0.2, 0) is 12.1 Å². The molecular weight excluding hydrogens is 400 g/mol. The number of benzene rings is 3. The SMILES string of the molecule is CC1(c2ccc(OCc3ccc(-c4ccccc4)cc3)cc2)CCSC(N)=N1.Cl. The Hall–Kier alpha value is -2.43. The lowest BCUT2D eigenvalue weighted by Crippen LogP contribution is -2.28. The van der Waals surface area contributed by atoms with Crippen molar-refractivity contribution in [2.45, 2.75) is 25.5 Å². The van der Waals surface area contributed by atoms with Crippen molar-refractivity contribution in [2.75, 3.05) is 5.75 Å². The Morgan fingerprint density at radius 2 is 1.59 bits per heavy atom. The van der Waals surface area contributed by atoms with Gasteiger partial charge in [0.2, 0.25) is 0 Å². The lowest BCUT2D eigenvalue weighted by molar-refractivity contribution is 0.306. The van der Waals surface area contributed by atoms with E-state index in [0.717, 1.165) is 23.5 Å². The van der Waals surface area contributed by atoms with Gasteiger partial charge >= 0.3 is 0 Å². The minimum atomic E-state index is -0.235. The summed E-state index contributed by atoms with van der Waals surface area (Å²) in [4.78, 5) is 4.66. The third-order valence-corrected chi connectivity index (χ3v) is 5.93. The highest BCUT2D eigenvalue weighted by Gasteiger charge is 2.29. The number of nitrogens with zero attached hydrogens (tertiary/aromatic N) is 1. The van der Waals surface area contributed by atoms with Crippen LogP contribution in [0.15, 0.2) is 83.9 Å². The summed E-state index contributed by atoms with van der Waals surface area (Å²) in [6.07, 6.45) is 0.992. The van der Waals surface area contributed by atoms with E-state index < -0.39 is 0 Å². The van der Waals surface area contributed by atoms with Crippen LogP contribution >= 0.6 is 24.2 Å². The summed E-state index contributed by atoms with van der Waals surface area (Å²) in [5.41, 5.74) is 10.5. The monoisotopic (exact) mass is 424 g/mol. The van der Waals surface area contributed by atoms with Crippen LogP contribution in [0.1, 0.15) is 24.5 Å². The molecule has 0 saturated heterocycles. The third-order valence-electron chi connectivity index (χ3n) is 5.14. The summed E-state index contributed by atoms with van der Waals surface area (Å²) in [7, 11) is 0. The first kappa shape index (κ1) is 21.3. The van der Waals surface area contributed by atoms with E-state index in [4.69, 9.17) is 10.5 Å². The first-order valence-corrected chi connectivity index (χ1v) is 10.5. The Morgan fingerprint density at radius 1 is 0.931 bits per heavy atom. The second kappa shape index (κ2) is 9.38. The van der Waals surface area contributed by atoms with Crippen LogP contribution in [0, 0.1) is 0 Å². The molecule has 3 aromatic carbocycles. The molecule has 1 aliphatic rings. The second-order valence-electron chi connectivity index (χ2n) is 7.20. The molecule has 1 unspecified atom stereocenters. The van der Waals surface area contributed by atoms with Gasteiger partial charge < -0.3 is 10.5 Å². The van der Waals surface area contributed by atoms with E-state index in [1.54, 1.807) is 11.8 Å². The molecule has 4 rings (SSSR count). The molecule has 3 aromatic rings. The molecular formula is C24H25ClN2OS. The molecule has 29 heavy (non-hydrogen) atoms. The van der Waals surface area contributed by atoms with Crippen molar-refractivity contribution >= 4 is 29.3 Å². The number of halogens is 1. The molecule has 0 spiro atoms. The van der Waals surface area contributed by atoms with Gasteiger partial charge in [0, 0.05) is 5.75 Å². The molecule has 0 aliphatic carbocycles. The zero-order valence-electron chi connectivity index (χ0n) is 16.4. The van der Waals surface area contributed by atoms with Gasteiger partial charge in [-0.15, -0.1) is 12.4 Å². The van der Waals surface area contributed by atoms with E-state index in [2.05, 4.69) is 72.6 Å². The van der Waals surface area contributed by atoms with E-state index in [-0.39, 0.29) is 17.9 Å². The Bertz CT molecular complexity index is 958. The predicted octanol–water partition coefficient (Wildman–Crippen LogP) is 6.02. The maximum absolute atomic E-state index is 5.97. The van der Waals surface area contributed by atoms with Crippen LogP contribution in [0.4, 0.5) is 0 Å². The van der Waals surface area contributed by atoms with Gasteiger partial charge in [0.25, 0.3) is 0 Å². The minimum Gasteiger partial charge on any atom is -0.489 e. The highest BCUT2D eigenvalue weighted by molar-refractivity contribution is 8.13. The average molecular weight is 425 g/mol. The lowest BCUT2D eigenvalue weighted by atomic mass is 9.90. The number of hydrogen-bond acceptors (Lipinski definition) is 4. The second-order valence-corrected chi connectivity index (χ2v) is 8.31. The molecule has 0 aromatic heterocycles. The number of rotatable bonds is 5. The zero-order valence-corrected chi connectivity index (χ0v) is 18.0. The van der Waals surface area contributed by atoms with E-state index >= 15 is 0 Å². The highest BCUT2D eigenvalue weighted by Crippen LogP contribution is 2.35. The fraction of sp³-hybridized carbons (Fsp3) is 0.208. The molecule has 1 atom stereocenters. The number of hydrogen-bond donors (Lipinski definition) is 1. The standard InChI is InChI=1S/C24H24N2OS.ClH/c1-24(15-16-28-23(25)26-24)21-11-13-22(14-12-21)27-17-18-7-9-20(10-8-18)19-5-3-2-4-6-19;/h2-14H,15-17H2,1H3,(H2,25,26);1H. The molecule has 5 heteroatoms. The number of nitrogens with two attached hydrogens (primary N) is 1. The molecule has 1 aliphatic heterocycles. The van der Waals surface area contributed by atoms with E-state index in [1.807, 2.05) is 18.2 Å². The smallest absolute Gasteiger partial charge is 0.154 e. The van der Waals surface area contributed by atoms with Gasteiger partial charge in [-0.25, -0.2) is 0 Å². The van der Waals surface area contributed by atoms with E-state index in [0.29, 0.717) is 11.8 Å². The Balaban J connectivity index is 0.00000240. The Kier molecular flexibility index (Phi) is 6.88. The topological polar surface area (TPSA) is 47.6 Å². The third kappa shape index (κ3) is 5.14. The normalized spacial score (nSPS) is 18.4. The molecule has 2 N–H and O–H groups in total. The van der Waals surface area contributed by atoms with Crippen LogP contribution in [0.5, 0.6) is 5.75 Å². The number of ether oxygens (including phenoxy) is 1. The van der Waals surface area contributed by atoms with Crippen LogP contribution in [0.3, 0.4) is 0 Å². The van der Waals surface area contributed by atoms with Gasteiger partial charge in [0.05, 0.1) is 5.54 Å².